The van der Waals surface area contributed by atoms with E-state index in [-0.39, 0.29) is 18.3 Å². The molecule has 0 aliphatic heterocycles. The Morgan fingerprint density at radius 2 is 1.32 bits per heavy atom. The molecule has 0 spiro atoms. The molecule has 50 heavy (non-hydrogen) atoms. The molecule has 0 amide bonds. The predicted octanol–water partition coefficient (Wildman–Crippen LogP) is 8.53. The Bertz CT molecular complexity index is 1010. The van der Waals surface area contributed by atoms with E-state index >= 15 is 0 Å². The molecule has 1 rings (SSSR count). The molecule has 2 N–H and O–H groups in total. The minimum atomic E-state index is -0.463. The first-order valence-electron chi connectivity index (χ1n) is 19.9. The van der Waals surface area contributed by atoms with Crippen molar-refractivity contribution < 1.29 is 34.0 Å². The molecule has 1 aromatic carbocycles. The molecule has 0 aliphatic carbocycles. The number of methoxy groups -OCH3 is 1. The summed E-state index contributed by atoms with van der Waals surface area (Å²) in [6.45, 7) is 11.2. The van der Waals surface area contributed by atoms with Crippen LogP contribution in [0.2, 0.25) is 0 Å². The largest absolute Gasteiger partial charge is 0.493 e. The van der Waals surface area contributed by atoms with Gasteiger partial charge in [0.25, 0.3) is 0 Å². The van der Waals surface area contributed by atoms with Gasteiger partial charge in [0.05, 0.1) is 31.5 Å². The topological polar surface area (TPSA) is 109 Å². The maximum absolute atomic E-state index is 13.2. The lowest BCUT2D eigenvalue weighted by Gasteiger charge is -2.27. The van der Waals surface area contributed by atoms with Crippen LogP contribution in [-0.4, -0.2) is 98.2 Å². The molecule has 0 bridgehead atoms. The van der Waals surface area contributed by atoms with Crippen molar-refractivity contribution >= 4 is 11.9 Å². The van der Waals surface area contributed by atoms with Crippen molar-refractivity contribution in [1.82, 2.24) is 9.80 Å². The molecular formula is C41H74N2O7. The first-order valence-corrected chi connectivity index (χ1v) is 19.9. The van der Waals surface area contributed by atoms with Gasteiger partial charge >= 0.3 is 11.9 Å². The van der Waals surface area contributed by atoms with Gasteiger partial charge in [-0.15, -0.1) is 0 Å². The monoisotopic (exact) mass is 707 g/mol. The maximum Gasteiger partial charge on any atom is 0.338 e. The van der Waals surface area contributed by atoms with Gasteiger partial charge in [-0.3, -0.25) is 9.69 Å². The van der Waals surface area contributed by atoms with E-state index in [1.165, 1.54) is 58.5 Å². The van der Waals surface area contributed by atoms with Crippen molar-refractivity contribution in [2.24, 2.45) is 0 Å². The van der Waals surface area contributed by atoms with E-state index in [0.717, 1.165) is 63.5 Å². The molecule has 9 heteroatoms. The zero-order valence-electron chi connectivity index (χ0n) is 33.0. The highest BCUT2D eigenvalue weighted by Crippen LogP contribution is 2.39. The first-order chi connectivity index (χ1) is 24.1. The highest BCUT2D eigenvalue weighted by atomic mass is 16.6. The Hall–Kier alpha value is -2.20. The van der Waals surface area contributed by atoms with Crippen LogP contribution in [0.4, 0.5) is 0 Å². The molecule has 3 atom stereocenters. The summed E-state index contributed by atoms with van der Waals surface area (Å²) in [7, 11) is 5.46. The van der Waals surface area contributed by atoms with Crippen molar-refractivity contribution in [3.63, 3.8) is 0 Å². The van der Waals surface area contributed by atoms with Crippen LogP contribution >= 0.6 is 0 Å². The van der Waals surface area contributed by atoms with E-state index in [1.54, 1.807) is 12.1 Å². The van der Waals surface area contributed by atoms with Crippen molar-refractivity contribution in [2.45, 2.75) is 161 Å². The SMILES string of the molecule is CCCCCCCCC(O)CN(CCCC(=O)Oc1c(OC)cc(C(=O)OCCCN(C)C)cc1C(C)CC)CC(O)CCCCCCCC. The van der Waals surface area contributed by atoms with E-state index in [0.29, 0.717) is 49.7 Å². The number of rotatable bonds is 31. The van der Waals surface area contributed by atoms with Crippen LogP contribution in [-0.2, 0) is 9.53 Å². The van der Waals surface area contributed by atoms with E-state index in [2.05, 4.69) is 18.7 Å². The molecular weight excluding hydrogens is 632 g/mol. The molecule has 0 heterocycles. The Labute approximate surface area is 305 Å². The van der Waals surface area contributed by atoms with E-state index in [1.807, 2.05) is 32.8 Å². The van der Waals surface area contributed by atoms with Crippen LogP contribution in [0, 0.1) is 0 Å². The normalized spacial score (nSPS) is 13.4. The number of aliphatic hydroxyl groups excluding tert-OH is 2. The molecule has 0 radical (unpaired) electrons. The second-order valence-electron chi connectivity index (χ2n) is 14.5. The number of hydrogen-bond acceptors (Lipinski definition) is 9. The molecule has 290 valence electrons. The molecule has 0 saturated carbocycles. The summed E-state index contributed by atoms with van der Waals surface area (Å²) in [5.74, 6) is -0.121. The summed E-state index contributed by atoms with van der Waals surface area (Å²) in [5.41, 5.74) is 1.11. The van der Waals surface area contributed by atoms with Crippen LogP contribution in [0.5, 0.6) is 11.5 Å². The van der Waals surface area contributed by atoms with Gasteiger partial charge in [-0.1, -0.05) is 105 Å². The quantitative estimate of drug-likeness (QED) is 0.0446. The summed E-state index contributed by atoms with van der Waals surface area (Å²) < 4.78 is 17.1. The van der Waals surface area contributed by atoms with Gasteiger partial charge in [-0.2, -0.15) is 0 Å². The van der Waals surface area contributed by atoms with Crippen molar-refractivity contribution in [3.8, 4) is 11.5 Å². The number of carbonyl (C=O) groups is 2. The van der Waals surface area contributed by atoms with Gasteiger partial charge in [0.15, 0.2) is 11.5 Å². The zero-order chi connectivity index (χ0) is 37.1. The van der Waals surface area contributed by atoms with Crippen LogP contribution in [0.15, 0.2) is 12.1 Å². The highest BCUT2D eigenvalue weighted by Gasteiger charge is 2.23. The van der Waals surface area contributed by atoms with Crippen molar-refractivity contribution in [2.75, 3.05) is 54.0 Å². The number of aliphatic hydroxyl groups is 2. The molecule has 0 saturated heterocycles. The van der Waals surface area contributed by atoms with Crippen LogP contribution in [0.3, 0.4) is 0 Å². The molecule has 0 aliphatic rings. The number of nitrogens with zero attached hydrogens (tertiary/aromatic N) is 2. The second kappa shape index (κ2) is 28.4. The van der Waals surface area contributed by atoms with Gasteiger partial charge < -0.3 is 29.3 Å². The lowest BCUT2D eigenvalue weighted by atomic mass is 9.95. The number of esters is 2. The Balaban J connectivity index is 2.87. The van der Waals surface area contributed by atoms with E-state index < -0.39 is 18.2 Å². The summed E-state index contributed by atoms with van der Waals surface area (Å²) in [5, 5.41) is 21.8. The number of benzene rings is 1. The van der Waals surface area contributed by atoms with Gasteiger partial charge in [0.1, 0.15) is 0 Å². The second-order valence-corrected chi connectivity index (χ2v) is 14.5. The van der Waals surface area contributed by atoms with Gasteiger partial charge in [-0.25, -0.2) is 4.79 Å². The maximum atomic E-state index is 13.2. The molecule has 3 unspecified atom stereocenters. The van der Waals surface area contributed by atoms with Crippen molar-refractivity contribution in [1.29, 1.82) is 0 Å². The van der Waals surface area contributed by atoms with E-state index in [9.17, 15) is 19.8 Å². The Morgan fingerprint density at radius 1 is 0.760 bits per heavy atom. The highest BCUT2D eigenvalue weighted by molar-refractivity contribution is 5.91. The van der Waals surface area contributed by atoms with Crippen molar-refractivity contribution in [3.05, 3.63) is 23.3 Å². The van der Waals surface area contributed by atoms with E-state index in [4.69, 9.17) is 14.2 Å². The average molecular weight is 707 g/mol. The third-order valence-electron chi connectivity index (χ3n) is 9.46. The number of ether oxygens (including phenoxy) is 3. The zero-order valence-corrected chi connectivity index (χ0v) is 33.0. The fourth-order valence-corrected chi connectivity index (χ4v) is 6.19. The third kappa shape index (κ3) is 20.6. The summed E-state index contributed by atoms with van der Waals surface area (Å²) in [6, 6.07) is 3.34. The first kappa shape index (κ1) is 45.8. The summed E-state index contributed by atoms with van der Waals surface area (Å²) in [6.07, 6.45) is 16.9. The molecule has 1 aromatic rings. The van der Waals surface area contributed by atoms with Crippen LogP contribution < -0.4 is 9.47 Å². The van der Waals surface area contributed by atoms with Crippen LogP contribution in [0.1, 0.15) is 165 Å². The molecule has 0 aromatic heterocycles. The Morgan fingerprint density at radius 3 is 1.84 bits per heavy atom. The minimum absolute atomic E-state index is 0.0185. The van der Waals surface area contributed by atoms with Crippen LogP contribution in [0.25, 0.3) is 0 Å². The summed E-state index contributed by atoms with van der Waals surface area (Å²) >= 11 is 0. The number of carbonyl (C=O) groups excluding carboxylic acids is 2. The summed E-state index contributed by atoms with van der Waals surface area (Å²) in [4.78, 5) is 30.3. The molecule has 0 fully saturated rings. The minimum Gasteiger partial charge on any atom is -0.493 e. The third-order valence-corrected chi connectivity index (χ3v) is 9.46. The Kier molecular flexibility index (Phi) is 26.0. The average Bonchev–Trinajstić information content (AvgIpc) is 3.09. The molecule has 9 nitrogen and oxygen atoms in total. The number of hydrogen-bond donors (Lipinski definition) is 2. The fourth-order valence-electron chi connectivity index (χ4n) is 6.19. The predicted molar refractivity (Wildman–Crippen MR) is 204 cm³/mol. The lowest BCUT2D eigenvalue weighted by molar-refractivity contribution is -0.134. The van der Waals surface area contributed by atoms with Gasteiger partial charge in [-0.05, 0) is 70.8 Å². The smallest absolute Gasteiger partial charge is 0.338 e. The standard InChI is InChI=1S/C41H74N2O7/c1-8-11-13-15-17-19-23-35(44)31-43(32-36(45)24-20-18-16-14-12-9-2)27-21-25-39(46)50-40-37(33(4)10-3)29-34(30-38(40)48-7)41(47)49-28-22-26-42(5)6/h29-30,33,35-36,44-45H,8-28,31-32H2,1-7H3. The fraction of sp³-hybridized carbons (Fsp3) is 0.805. The van der Waals surface area contributed by atoms with Gasteiger partial charge in [0, 0.05) is 31.6 Å². The number of unbranched alkanes of at least 4 members (excludes halogenated alkanes) is 10. The lowest BCUT2D eigenvalue weighted by Crippen LogP contribution is -2.39. The van der Waals surface area contributed by atoms with Gasteiger partial charge in [0.2, 0.25) is 0 Å².